The number of aromatic nitrogens is 2. The Hall–Kier alpha value is -3.77. The molecule has 7 rings (SSSR count). The van der Waals surface area contributed by atoms with Crippen LogP contribution in [0.4, 0.5) is 0 Å². The van der Waals surface area contributed by atoms with Gasteiger partial charge in [0.2, 0.25) is 0 Å². The molecule has 0 saturated heterocycles. The topological polar surface area (TPSA) is 125 Å². The lowest BCUT2D eigenvalue weighted by Gasteiger charge is -2.39. The van der Waals surface area contributed by atoms with Gasteiger partial charge in [-0.2, -0.15) is 0 Å². The maximum absolute atomic E-state index is 12.5. The number of thiazole rings is 2. The third kappa shape index (κ3) is 11.1. The third-order valence-corrected chi connectivity index (χ3v) is 13.3. The highest BCUT2D eigenvalue weighted by Crippen LogP contribution is 2.48. The van der Waals surface area contributed by atoms with Gasteiger partial charge in [0.25, 0.3) is 0 Å². The molecule has 3 aliphatic rings. The number of rotatable bonds is 9. The zero-order chi connectivity index (χ0) is 41.2. The van der Waals surface area contributed by atoms with Gasteiger partial charge in [-0.3, -0.25) is 9.59 Å². The summed E-state index contributed by atoms with van der Waals surface area (Å²) in [4.78, 5) is 48.6. The van der Waals surface area contributed by atoms with Gasteiger partial charge in [0.1, 0.15) is 40.0 Å². The van der Waals surface area contributed by atoms with Gasteiger partial charge in [-0.15, -0.1) is 22.7 Å². The van der Waals surface area contributed by atoms with Crippen LogP contribution >= 0.6 is 45.9 Å². The number of carbonyl (C=O) groups is 3. The first-order valence-electron chi connectivity index (χ1n) is 19.8. The molecule has 0 unspecified atom stereocenters. The van der Waals surface area contributed by atoms with E-state index >= 15 is 0 Å². The number of aryl methyl sites for hydroxylation is 2. The zero-order valence-corrected chi connectivity index (χ0v) is 36.5. The Kier molecular flexibility index (Phi) is 17.4. The number of hydrogen-bond donors (Lipinski definition) is 1. The number of aliphatic hydroxyl groups is 1. The largest absolute Gasteiger partial charge is 0.511 e. The predicted octanol–water partition coefficient (Wildman–Crippen LogP) is 12.6. The minimum absolute atomic E-state index is 0. The van der Waals surface area contributed by atoms with Crippen molar-refractivity contribution in [1.82, 2.24) is 9.97 Å². The van der Waals surface area contributed by atoms with E-state index in [1.807, 2.05) is 76.2 Å². The minimum Gasteiger partial charge on any atom is -0.511 e. The number of aliphatic hydroxyl groups excluding tert-OH is 1. The van der Waals surface area contributed by atoms with Crippen LogP contribution in [0, 0.1) is 24.7 Å². The summed E-state index contributed by atoms with van der Waals surface area (Å²) in [5.41, 5.74) is 2.25. The van der Waals surface area contributed by atoms with Crippen LogP contribution in [-0.2, 0) is 35.0 Å². The Bertz CT molecular complexity index is 2030. The summed E-state index contributed by atoms with van der Waals surface area (Å²) in [5, 5.41) is 14.0. The second-order valence-electron chi connectivity index (χ2n) is 14.5. The first-order valence-corrected chi connectivity index (χ1v) is 22.2. The van der Waals surface area contributed by atoms with Crippen LogP contribution < -0.4 is 0 Å². The van der Waals surface area contributed by atoms with Gasteiger partial charge in [0.15, 0.2) is 0 Å². The van der Waals surface area contributed by atoms with Gasteiger partial charge in [-0.1, -0.05) is 107 Å². The second kappa shape index (κ2) is 21.5. The van der Waals surface area contributed by atoms with Crippen molar-refractivity contribution in [2.75, 3.05) is 19.8 Å². The van der Waals surface area contributed by atoms with Gasteiger partial charge >= 0.3 is 17.9 Å². The Morgan fingerprint density at radius 2 is 1.31 bits per heavy atom. The van der Waals surface area contributed by atoms with E-state index in [2.05, 4.69) is 9.97 Å². The summed E-state index contributed by atoms with van der Waals surface area (Å²) in [5.74, 6) is -0.920. The number of hydrogen-bond acceptors (Lipinski definition) is 11. The highest BCUT2D eigenvalue weighted by atomic mass is 35.5. The lowest BCUT2D eigenvalue weighted by Crippen LogP contribution is -2.40. The molecule has 0 bridgehead atoms. The molecule has 1 N–H and O–H groups in total. The molecule has 13 heteroatoms. The van der Waals surface area contributed by atoms with Crippen LogP contribution in [0.5, 0.6) is 0 Å². The number of benzene rings is 2. The monoisotopic (exact) mass is 870 g/mol. The lowest BCUT2D eigenvalue weighted by atomic mass is 9.71. The van der Waals surface area contributed by atoms with Crippen molar-refractivity contribution in [2.45, 2.75) is 113 Å². The molecule has 9 nitrogen and oxygen atoms in total. The molecule has 2 saturated carbocycles. The van der Waals surface area contributed by atoms with E-state index in [1.54, 1.807) is 6.92 Å². The molecule has 2 aliphatic carbocycles. The van der Waals surface area contributed by atoms with Crippen LogP contribution in [0.15, 0.2) is 54.3 Å². The molecule has 314 valence electrons. The minimum atomic E-state index is -0.699. The maximum Gasteiger partial charge on any atom is 0.343 e. The van der Waals surface area contributed by atoms with Crippen LogP contribution in [0.1, 0.15) is 114 Å². The molecule has 0 atom stereocenters. The Labute approximate surface area is 361 Å². The SMILES string of the molecule is C.CC.CCOC(=O)C1(COC(=O)Cc2nc(-c3ccc(Cl)cc3)sc2C)CCCCC1.Cc1sc(-c2ccc(Cl)cc2)nc1C1=C(O)C2(CCCCC2)COC1=O. The summed E-state index contributed by atoms with van der Waals surface area (Å²) in [6.45, 7) is 10.3. The van der Waals surface area contributed by atoms with Crippen molar-refractivity contribution < 1.29 is 33.7 Å². The fourth-order valence-electron chi connectivity index (χ4n) is 7.50. The van der Waals surface area contributed by atoms with Gasteiger partial charge in [0, 0.05) is 30.9 Å². The van der Waals surface area contributed by atoms with E-state index < -0.39 is 16.8 Å². The normalized spacial score (nSPS) is 16.8. The molecule has 0 amide bonds. The summed E-state index contributed by atoms with van der Waals surface area (Å²) in [6, 6.07) is 14.9. The fourth-order valence-corrected chi connectivity index (χ4v) is 9.62. The summed E-state index contributed by atoms with van der Waals surface area (Å²) in [6.07, 6.45) is 9.45. The van der Waals surface area contributed by atoms with Gasteiger partial charge < -0.3 is 19.3 Å². The molecular formula is C45H56Cl2N2O7S2. The highest BCUT2D eigenvalue weighted by Gasteiger charge is 2.46. The van der Waals surface area contributed by atoms with Crippen LogP contribution in [0.3, 0.4) is 0 Å². The summed E-state index contributed by atoms with van der Waals surface area (Å²) in [7, 11) is 0. The van der Waals surface area contributed by atoms with E-state index in [1.165, 1.54) is 22.7 Å². The maximum atomic E-state index is 12.5. The predicted molar refractivity (Wildman–Crippen MR) is 236 cm³/mol. The van der Waals surface area contributed by atoms with Gasteiger partial charge in [-0.25, -0.2) is 14.8 Å². The van der Waals surface area contributed by atoms with Gasteiger partial charge in [-0.05, 0) is 70.7 Å². The number of carbonyl (C=O) groups excluding carboxylic acids is 3. The van der Waals surface area contributed by atoms with E-state index in [4.69, 9.17) is 37.4 Å². The molecule has 2 aromatic carbocycles. The number of nitrogens with zero attached hydrogens (tertiary/aromatic N) is 2. The van der Waals surface area contributed by atoms with E-state index in [-0.39, 0.29) is 50.3 Å². The lowest BCUT2D eigenvalue weighted by molar-refractivity contribution is -0.166. The van der Waals surface area contributed by atoms with Crippen molar-refractivity contribution in [1.29, 1.82) is 0 Å². The molecule has 58 heavy (non-hydrogen) atoms. The molecule has 4 aromatic rings. The van der Waals surface area contributed by atoms with Crippen molar-refractivity contribution in [3.8, 4) is 21.1 Å². The van der Waals surface area contributed by atoms with Gasteiger partial charge in [0.05, 0.1) is 29.8 Å². The first kappa shape index (κ1) is 46.9. The molecule has 1 aliphatic heterocycles. The average molecular weight is 872 g/mol. The Balaban J connectivity index is 0.000000243. The number of ether oxygens (including phenoxy) is 3. The standard InChI is InChI=1S/C22H26ClNO4S.C20H20ClNO3S.C2H6.CH4/c1-3-27-21(26)22(11-5-4-6-12-22)14-28-19(25)13-18-15(2)29-20(24-18)16-7-9-17(23)10-8-16;1-12-16(22-18(26-12)13-5-7-14(21)8-6-13)15-17(23)20(11-25-19(15)24)9-3-2-4-10-20;1-2;/h7-10H,3-6,11-14H2,1-2H3;5-8,23H,2-4,9-11H2,1H3;1-2H3;1H4. The Morgan fingerprint density at radius 3 is 1.86 bits per heavy atom. The summed E-state index contributed by atoms with van der Waals surface area (Å²) >= 11 is 14.9. The molecular weight excluding hydrogens is 816 g/mol. The number of esters is 3. The van der Waals surface area contributed by atoms with Crippen LogP contribution in [0.25, 0.3) is 26.7 Å². The average Bonchev–Trinajstić information content (AvgIpc) is 3.79. The quantitative estimate of drug-likeness (QED) is 0.129. The fraction of sp³-hybridized carbons (Fsp3) is 0.489. The van der Waals surface area contributed by atoms with Crippen molar-refractivity contribution in [2.24, 2.45) is 10.8 Å². The second-order valence-corrected chi connectivity index (χ2v) is 17.8. The first-order chi connectivity index (χ1) is 27.4. The number of halogens is 2. The van der Waals surface area contributed by atoms with E-state index in [9.17, 15) is 19.5 Å². The molecule has 3 heterocycles. The third-order valence-electron chi connectivity index (χ3n) is 10.7. The molecule has 0 radical (unpaired) electrons. The van der Waals surface area contributed by atoms with Crippen LogP contribution in [-0.4, -0.2) is 52.8 Å². The van der Waals surface area contributed by atoms with Crippen LogP contribution in [0.2, 0.25) is 10.0 Å². The molecule has 1 spiro atoms. The van der Waals surface area contributed by atoms with E-state index in [0.717, 1.165) is 82.3 Å². The Morgan fingerprint density at radius 1 is 0.793 bits per heavy atom. The molecule has 2 aromatic heterocycles. The summed E-state index contributed by atoms with van der Waals surface area (Å²) < 4.78 is 16.3. The number of cyclic esters (lactones) is 1. The highest BCUT2D eigenvalue weighted by molar-refractivity contribution is 7.15. The van der Waals surface area contributed by atoms with Crippen molar-refractivity contribution in [3.63, 3.8) is 0 Å². The van der Waals surface area contributed by atoms with Crippen molar-refractivity contribution >= 4 is 69.4 Å². The van der Waals surface area contributed by atoms with E-state index in [0.29, 0.717) is 40.9 Å². The molecule has 2 fully saturated rings. The van der Waals surface area contributed by atoms with Crippen molar-refractivity contribution in [3.05, 3.63) is 85.5 Å². The smallest absolute Gasteiger partial charge is 0.343 e. The zero-order valence-electron chi connectivity index (χ0n) is 33.4.